The molecule has 1 aliphatic carbocycles. The first-order chi connectivity index (χ1) is 11.6. The number of rotatable bonds is 6. The van der Waals surface area contributed by atoms with Crippen molar-refractivity contribution in [3.63, 3.8) is 0 Å². The quantitative estimate of drug-likeness (QED) is 0.812. The molecule has 138 valence electrons. The molecular formula is C19H27ClN2O3. The van der Waals surface area contributed by atoms with Gasteiger partial charge in [-0.15, -0.1) is 12.4 Å². The number of hydrogen-bond acceptors (Lipinski definition) is 3. The lowest BCUT2D eigenvalue weighted by molar-refractivity contribution is -0.142. The third-order valence-corrected chi connectivity index (χ3v) is 5.34. The molecule has 1 saturated heterocycles. The minimum atomic E-state index is -0.823. The second-order valence-electron chi connectivity index (χ2n) is 6.97. The predicted molar refractivity (Wildman–Crippen MR) is 98.8 cm³/mol. The van der Waals surface area contributed by atoms with Crippen LogP contribution in [0.3, 0.4) is 0 Å². The van der Waals surface area contributed by atoms with Crippen LogP contribution in [-0.4, -0.2) is 41.0 Å². The Bertz CT molecular complexity index is 575. The molecule has 1 aliphatic heterocycles. The Kier molecular flexibility index (Phi) is 7.26. The molecule has 2 fully saturated rings. The molecule has 5 nitrogen and oxygen atoms in total. The number of carboxylic acids is 1. The predicted octanol–water partition coefficient (Wildman–Crippen LogP) is 3.00. The zero-order valence-electron chi connectivity index (χ0n) is 14.4. The van der Waals surface area contributed by atoms with Crippen LogP contribution in [0.4, 0.5) is 0 Å². The number of carbonyl (C=O) groups excluding carboxylic acids is 1. The Balaban J connectivity index is 0.00000225. The van der Waals surface area contributed by atoms with Gasteiger partial charge in [-0.25, -0.2) is 0 Å². The molecule has 1 aromatic rings. The highest BCUT2D eigenvalue weighted by molar-refractivity contribution is 5.85. The molecule has 1 unspecified atom stereocenters. The molecule has 1 heterocycles. The summed E-state index contributed by atoms with van der Waals surface area (Å²) < 4.78 is 0. The van der Waals surface area contributed by atoms with Crippen molar-refractivity contribution >= 4 is 24.3 Å². The first kappa shape index (κ1) is 19.7. The average Bonchev–Trinajstić information content (AvgIpc) is 3.25. The van der Waals surface area contributed by atoms with Crippen LogP contribution in [0, 0.1) is 5.92 Å². The van der Waals surface area contributed by atoms with Crippen molar-refractivity contribution in [2.45, 2.75) is 50.6 Å². The minimum Gasteiger partial charge on any atom is -0.480 e. The average molecular weight is 367 g/mol. The zero-order valence-corrected chi connectivity index (χ0v) is 15.2. The fourth-order valence-electron chi connectivity index (χ4n) is 4.12. The smallest absolute Gasteiger partial charge is 0.320 e. The molecule has 1 aromatic carbocycles. The Hall–Kier alpha value is -1.59. The molecule has 0 aromatic heterocycles. The topological polar surface area (TPSA) is 69.6 Å². The second kappa shape index (κ2) is 9.20. The third kappa shape index (κ3) is 4.95. The normalized spacial score (nSPS) is 22.3. The van der Waals surface area contributed by atoms with Gasteiger partial charge in [0.15, 0.2) is 0 Å². The fraction of sp³-hybridized carbons (Fsp3) is 0.579. The van der Waals surface area contributed by atoms with E-state index in [9.17, 15) is 14.7 Å². The van der Waals surface area contributed by atoms with Crippen molar-refractivity contribution < 1.29 is 14.7 Å². The Labute approximate surface area is 155 Å². The highest BCUT2D eigenvalue weighted by Gasteiger charge is 2.33. The van der Waals surface area contributed by atoms with Crippen LogP contribution in [0.15, 0.2) is 30.3 Å². The lowest BCUT2D eigenvalue weighted by Gasteiger charge is -2.27. The number of amides is 1. The summed E-state index contributed by atoms with van der Waals surface area (Å²) in [6, 6.07) is 9.65. The molecule has 0 bridgehead atoms. The van der Waals surface area contributed by atoms with Crippen LogP contribution < -0.4 is 5.32 Å². The molecule has 1 amide bonds. The van der Waals surface area contributed by atoms with Crippen molar-refractivity contribution in [1.82, 2.24) is 10.2 Å². The highest BCUT2D eigenvalue weighted by atomic mass is 35.5. The molecule has 1 saturated carbocycles. The van der Waals surface area contributed by atoms with E-state index in [-0.39, 0.29) is 30.9 Å². The van der Waals surface area contributed by atoms with E-state index in [1.165, 1.54) is 12.8 Å². The molecule has 2 atom stereocenters. The largest absolute Gasteiger partial charge is 0.480 e. The Morgan fingerprint density at radius 1 is 1.12 bits per heavy atom. The molecule has 3 rings (SSSR count). The maximum Gasteiger partial charge on any atom is 0.320 e. The molecule has 2 aliphatic rings. The summed E-state index contributed by atoms with van der Waals surface area (Å²) >= 11 is 0. The number of carbonyl (C=O) groups is 2. The minimum absolute atomic E-state index is 0. The van der Waals surface area contributed by atoms with E-state index < -0.39 is 12.0 Å². The van der Waals surface area contributed by atoms with Crippen LogP contribution in [0.1, 0.15) is 50.1 Å². The SMILES string of the molecule is Cl.O=C(CN1CCC[C@@H]1C(=O)O)NC(c1ccccc1)C1CCCC1. The van der Waals surface area contributed by atoms with Gasteiger partial charge in [-0.1, -0.05) is 43.2 Å². The first-order valence-electron chi connectivity index (χ1n) is 8.96. The van der Waals surface area contributed by atoms with Crippen molar-refractivity contribution in [3.8, 4) is 0 Å². The summed E-state index contributed by atoms with van der Waals surface area (Å²) in [5.41, 5.74) is 1.15. The molecule has 6 heteroatoms. The van der Waals surface area contributed by atoms with Gasteiger partial charge in [0.05, 0.1) is 12.6 Å². The number of likely N-dealkylation sites (tertiary alicyclic amines) is 1. The van der Waals surface area contributed by atoms with Crippen LogP contribution in [0.25, 0.3) is 0 Å². The summed E-state index contributed by atoms with van der Waals surface area (Å²) in [4.78, 5) is 25.6. The van der Waals surface area contributed by atoms with Crippen LogP contribution >= 0.6 is 12.4 Å². The van der Waals surface area contributed by atoms with Gasteiger partial charge in [0.25, 0.3) is 0 Å². The van der Waals surface area contributed by atoms with E-state index in [0.29, 0.717) is 18.9 Å². The van der Waals surface area contributed by atoms with Gasteiger partial charge in [-0.2, -0.15) is 0 Å². The van der Waals surface area contributed by atoms with Gasteiger partial charge in [0.1, 0.15) is 6.04 Å². The maximum absolute atomic E-state index is 12.6. The Morgan fingerprint density at radius 2 is 1.80 bits per heavy atom. The summed E-state index contributed by atoms with van der Waals surface area (Å²) in [5.74, 6) is -0.412. The Morgan fingerprint density at radius 3 is 2.44 bits per heavy atom. The lowest BCUT2D eigenvalue weighted by atomic mass is 9.91. The number of hydrogen-bond donors (Lipinski definition) is 2. The van der Waals surface area contributed by atoms with E-state index in [4.69, 9.17) is 0 Å². The van der Waals surface area contributed by atoms with E-state index in [1.807, 2.05) is 18.2 Å². The summed E-state index contributed by atoms with van der Waals surface area (Å²) in [5, 5.41) is 12.4. The van der Waals surface area contributed by atoms with Crippen LogP contribution in [0.5, 0.6) is 0 Å². The highest BCUT2D eigenvalue weighted by Crippen LogP contribution is 2.35. The molecule has 2 N–H and O–H groups in total. The van der Waals surface area contributed by atoms with Crippen LogP contribution in [-0.2, 0) is 9.59 Å². The lowest BCUT2D eigenvalue weighted by Crippen LogP contribution is -2.44. The van der Waals surface area contributed by atoms with Crippen molar-refractivity contribution in [2.75, 3.05) is 13.1 Å². The van der Waals surface area contributed by atoms with E-state index >= 15 is 0 Å². The standard InChI is InChI=1S/C19H26N2O3.ClH/c22-17(13-21-12-6-11-16(21)19(23)24)20-18(15-9-4-5-10-15)14-7-2-1-3-8-14;/h1-3,7-8,15-16,18H,4-6,9-13H2,(H,20,22)(H,23,24);1H/t16-,18?;/m1./s1. The fourth-order valence-corrected chi connectivity index (χ4v) is 4.12. The summed E-state index contributed by atoms with van der Waals surface area (Å²) in [6.07, 6.45) is 6.19. The van der Waals surface area contributed by atoms with Gasteiger partial charge in [0, 0.05) is 0 Å². The first-order valence-corrected chi connectivity index (χ1v) is 8.96. The number of nitrogens with zero attached hydrogens (tertiary/aromatic N) is 1. The van der Waals surface area contributed by atoms with Crippen molar-refractivity contribution in [1.29, 1.82) is 0 Å². The van der Waals surface area contributed by atoms with Gasteiger partial charge in [-0.05, 0) is 43.7 Å². The summed E-state index contributed by atoms with van der Waals surface area (Å²) in [6.45, 7) is 0.858. The number of nitrogens with one attached hydrogen (secondary N) is 1. The molecule has 25 heavy (non-hydrogen) atoms. The number of halogens is 1. The maximum atomic E-state index is 12.6. The van der Waals surface area contributed by atoms with E-state index in [1.54, 1.807) is 4.90 Å². The molecule has 0 spiro atoms. The summed E-state index contributed by atoms with van der Waals surface area (Å²) in [7, 11) is 0. The van der Waals surface area contributed by atoms with Gasteiger partial charge < -0.3 is 10.4 Å². The van der Waals surface area contributed by atoms with Crippen molar-refractivity contribution in [2.24, 2.45) is 5.92 Å². The van der Waals surface area contributed by atoms with Crippen LogP contribution in [0.2, 0.25) is 0 Å². The van der Waals surface area contributed by atoms with E-state index in [0.717, 1.165) is 24.8 Å². The molecular weight excluding hydrogens is 340 g/mol. The number of aliphatic carboxylic acids is 1. The second-order valence-corrected chi connectivity index (χ2v) is 6.97. The van der Waals surface area contributed by atoms with Crippen molar-refractivity contribution in [3.05, 3.63) is 35.9 Å². The van der Waals surface area contributed by atoms with Gasteiger partial charge in [-0.3, -0.25) is 14.5 Å². The number of benzene rings is 1. The molecule has 0 radical (unpaired) electrons. The zero-order chi connectivity index (χ0) is 16.9. The third-order valence-electron chi connectivity index (χ3n) is 5.34. The monoisotopic (exact) mass is 366 g/mol. The van der Waals surface area contributed by atoms with Gasteiger partial charge in [0.2, 0.25) is 5.91 Å². The van der Waals surface area contributed by atoms with E-state index in [2.05, 4.69) is 17.4 Å². The number of carboxylic acid groups (broad SMARTS) is 1. The van der Waals surface area contributed by atoms with Gasteiger partial charge >= 0.3 is 5.97 Å².